The van der Waals surface area contributed by atoms with Crippen LogP contribution < -0.4 is 0 Å². The standard InChI is InChI=1S/C6H5NOS.C2H6/c8-6-5-2-1-3-7(5)4-9-6;1-2/h1-3H,4H2;1-2H3. The van der Waals surface area contributed by atoms with Crippen LogP contribution in [0.3, 0.4) is 0 Å². The van der Waals surface area contributed by atoms with E-state index in [4.69, 9.17) is 0 Å². The fourth-order valence-electron chi connectivity index (χ4n) is 0.914. The minimum atomic E-state index is 0.194. The van der Waals surface area contributed by atoms with Crippen molar-refractivity contribution in [3.63, 3.8) is 0 Å². The molecule has 2 heterocycles. The van der Waals surface area contributed by atoms with Crippen LogP contribution in [0.2, 0.25) is 0 Å². The third-order valence-electron chi connectivity index (χ3n) is 1.37. The van der Waals surface area contributed by atoms with Gasteiger partial charge in [-0.15, -0.1) is 0 Å². The predicted octanol–water partition coefficient (Wildman–Crippen LogP) is 2.36. The van der Waals surface area contributed by atoms with Crippen molar-refractivity contribution in [2.75, 3.05) is 0 Å². The van der Waals surface area contributed by atoms with Crippen molar-refractivity contribution in [1.82, 2.24) is 4.57 Å². The van der Waals surface area contributed by atoms with Crippen molar-refractivity contribution in [3.8, 4) is 0 Å². The SMILES string of the molecule is CC.O=C1SCn2cccc21. The highest BCUT2D eigenvalue weighted by atomic mass is 32.2. The summed E-state index contributed by atoms with van der Waals surface area (Å²) in [5.74, 6) is 0.793. The van der Waals surface area contributed by atoms with Gasteiger partial charge in [-0.25, -0.2) is 0 Å². The normalized spacial score (nSPS) is 13.8. The van der Waals surface area contributed by atoms with E-state index in [0.717, 1.165) is 11.6 Å². The van der Waals surface area contributed by atoms with E-state index in [1.54, 1.807) is 0 Å². The molecular formula is C8H11NOS. The van der Waals surface area contributed by atoms with Crippen LogP contribution in [-0.4, -0.2) is 9.68 Å². The molecule has 0 saturated heterocycles. The number of thioether (sulfide) groups is 1. The molecule has 0 spiro atoms. The highest BCUT2D eigenvalue weighted by Crippen LogP contribution is 2.23. The summed E-state index contributed by atoms with van der Waals surface area (Å²) in [6, 6.07) is 3.75. The molecule has 0 N–H and O–H groups in total. The molecule has 0 aliphatic carbocycles. The van der Waals surface area contributed by atoms with Crippen LogP contribution in [-0.2, 0) is 5.88 Å². The van der Waals surface area contributed by atoms with Crippen LogP contribution in [0.5, 0.6) is 0 Å². The minimum Gasteiger partial charge on any atom is -0.334 e. The first kappa shape index (κ1) is 8.40. The van der Waals surface area contributed by atoms with E-state index < -0.39 is 0 Å². The molecule has 1 aliphatic rings. The van der Waals surface area contributed by atoms with E-state index in [-0.39, 0.29) is 5.12 Å². The lowest BCUT2D eigenvalue weighted by Gasteiger charge is -1.87. The molecule has 0 aromatic carbocycles. The fraction of sp³-hybridized carbons (Fsp3) is 0.375. The van der Waals surface area contributed by atoms with Crippen molar-refractivity contribution in [2.24, 2.45) is 0 Å². The summed E-state index contributed by atoms with van der Waals surface area (Å²) in [6.45, 7) is 4.00. The van der Waals surface area contributed by atoms with Crippen LogP contribution in [0, 0.1) is 0 Å². The van der Waals surface area contributed by atoms with Crippen molar-refractivity contribution >= 4 is 16.9 Å². The minimum absolute atomic E-state index is 0.194. The Morgan fingerprint density at radius 3 is 2.91 bits per heavy atom. The summed E-state index contributed by atoms with van der Waals surface area (Å²) in [5.41, 5.74) is 0.833. The maximum atomic E-state index is 10.9. The average molecular weight is 169 g/mol. The largest absolute Gasteiger partial charge is 0.334 e. The van der Waals surface area contributed by atoms with Crippen molar-refractivity contribution < 1.29 is 4.79 Å². The molecule has 0 unspecified atom stereocenters. The lowest BCUT2D eigenvalue weighted by Crippen LogP contribution is -1.89. The Hall–Kier alpha value is -0.700. The van der Waals surface area contributed by atoms with Gasteiger partial charge in [-0.05, 0) is 12.1 Å². The number of fused-ring (bicyclic) bond motifs is 1. The zero-order chi connectivity index (χ0) is 8.27. The number of carbonyl (C=O) groups is 1. The van der Waals surface area contributed by atoms with Crippen LogP contribution in [0.4, 0.5) is 0 Å². The van der Waals surface area contributed by atoms with Gasteiger partial charge in [0.25, 0.3) is 0 Å². The van der Waals surface area contributed by atoms with Crippen molar-refractivity contribution in [3.05, 3.63) is 24.0 Å². The van der Waals surface area contributed by atoms with Crippen LogP contribution in [0.25, 0.3) is 0 Å². The number of hydrogen-bond acceptors (Lipinski definition) is 2. The lowest BCUT2D eigenvalue weighted by atomic mass is 10.5. The van der Waals surface area contributed by atoms with E-state index in [1.807, 2.05) is 36.7 Å². The second kappa shape index (κ2) is 3.62. The molecule has 0 amide bonds. The molecular weight excluding hydrogens is 158 g/mol. The van der Waals surface area contributed by atoms with Gasteiger partial charge < -0.3 is 4.57 Å². The molecule has 0 fully saturated rings. The highest BCUT2D eigenvalue weighted by Gasteiger charge is 2.17. The number of carbonyl (C=O) groups excluding carboxylic acids is 1. The van der Waals surface area contributed by atoms with Gasteiger partial charge in [-0.1, -0.05) is 25.6 Å². The Morgan fingerprint density at radius 2 is 2.27 bits per heavy atom. The fourth-order valence-corrected chi connectivity index (χ4v) is 1.73. The van der Waals surface area contributed by atoms with Gasteiger partial charge in [0.15, 0.2) is 0 Å². The third-order valence-corrected chi connectivity index (χ3v) is 2.25. The number of aromatic nitrogens is 1. The zero-order valence-electron chi connectivity index (χ0n) is 6.70. The Bertz CT molecular complexity index is 254. The molecule has 1 aliphatic heterocycles. The zero-order valence-corrected chi connectivity index (χ0v) is 7.52. The first-order chi connectivity index (χ1) is 5.38. The van der Waals surface area contributed by atoms with Gasteiger partial charge in [-0.2, -0.15) is 0 Å². The highest BCUT2D eigenvalue weighted by molar-refractivity contribution is 8.13. The molecule has 3 heteroatoms. The molecule has 1 aromatic heterocycles. The van der Waals surface area contributed by atoms with Crippen molar-refractivity contribution in [2.45, 2.75) is 19.7 Å². The summed E-state index contributed by atoms with van der Waals surface area (Å²) in [6.07, 6.45) is 1.92. The molecule has 1 aromatic rings. The van der Waals surface area contributed by atoms with Crippen molar-refractivity contribution in [1.29, 1.82) is 0 Å². The quantitative estimate of drug-likeness (QED) is 0.594. The maximum Gasteiger partial charge on any atom is 0.237 e. The van der Waals surface area contributed by atoms with Gasteiger partial charge in [-0.3, -0.25) is 4.79 Å². The summed E-state index contributed by atoms with van der Waals surface area (Å²) in [4.78, 5) is 10.9. The van der Waals surface area contributed by atoms with E-state index in [0.29, 0.717) is 0 Å². The smallest absolute Gasteiger partial charge is 0.237 e. The summed E-state index contributed by atoms with van der Waals surface area (Å²) in [7, 11) is 0. The molecule has 0 atom stereocenters. The molecule has 11 heavy (non-hydrogen) atoms. The molecule has 0 radical (unpaired) electrons. The van der Waals surface area contributed by atoms with Crippen LogP contribution >= 0.6 is 11.8 Å². The van der Waals surface area contributed by atoms with Crippen LogP contribution in [0.1, 0.15) is 24.3 Å². The molecule has 0 saturated carbocycles. The molecule has 2 rings (SSSR count). The molecule has 60 valence electrons. The number of hydrogen-bond donors (Lipinski definition) is 0. The number of nitrogens with zero attached hydrogens (tertiary/aromatic N) is 1. The average Bonchev–Trinajstić information content (AvgIpc) is 2.60. The Labute approximate surface area is 70.6 Å². The van der Waals surface area contributed by atoms with E-state index in [2.05, 4.69) is 0 Å². The topological polar surface area (TPSA) is 22.0 Å². The van der Waals surface area contributed by atoms with Gasteiger partial charge in [0, 0.05) is 6.20 Å². The lowest BCUT2D eigenvalue weighted by molar-refractivity contribution is 0.108. The van der Waals surface area contributed by atoms with Gasteiger partial charge in [0.1, 0.15) is 0 Å². The van der Waals surface area contributed by atoms with Gasteiger partial charge >= 0.3 is 0 Å². The van der Waals surface area contributed by atoms with Crippen LogP contribution in [0.15, 0.2) is 18.3 Å². The van der Waals surface area contributed by atoms with Gasteiger partial charge in [0.05, 0.1) is 11.6 Å². The summed E-state index contributed by atoms with van der Waals surface area (Å²) >= 11 is 1.36. The maximum absolute atomic E-state index is 10.9. The Morgan fingerprint density at radius 1 is 1.55 bits per heavy atom. The van der Waals surface area contributed by atoms with E-state index >= 15 is 0 Å². The number of rotatable bonds is 0. The second-order valence-electron chi connectivity index (χ2n) is 1.92. The Kier molecular flexibility index (Phi) is 2.76. The van der Waals surface area contributed by atoms with E-state index in [9.17, 15) is 4.79 Å². The monoisotopic (exact) mass is 169 g/mol. The van der Waals surface area contributed by atoms with E-state index in [1.165, 1.54) is 11.8 Å². The molecule has 2 nitrogen and oxygen atoms in total. The van der Waals surface area contributed by atoms with Gasteiger partial charge in [0.2, 0.25) is 5.12 Å². The predicted molar refractivity (Wildman–Crippen MR) is 47.7 cm³/mol. The third kappa shape index (κ3) is 1.48. The first-order valence-corrected chi connectivity index (χ1v) is 4.69. The molecule has 0 bridgehead atoms. The Balaban J connectivity index is 0.000000281. The summed E-state index contributed by atoms with van der Waals surface area (Å²) in [5, 5.41) is 0.194. The summed E-state index contributed by atoms with van der Waals surface area (Å²) < 4.78 is 1.95. The second-order valence-corrected chi connectivity index (χ2v) is 2.84. The first-order valence-electron chi connectivity index (χ1n) is 3.70.